The van der Waals surface area contributed by atoms with Gasteiger partial charge in [-0.3, -0.25) is 0 Å². The maximum atomic E-state index is 5.46. The van der Waals surface area contributed by atoms with Gasteiger partial charge in [-0.1, -0.05) is 0 Å². The van der Waals surface area contributed by atoms with Crippen LogP contribution in [0.1, 0.15) is 0 Å². The van der Waals surface area contributed by atoms with Crippen molar-refractivity contribution >= 4 is 11.6 Å². The zero-order valence-electron chi connectivity index (χ0n) is 13.3. The first-order valence-corrected chi connectivity index (χ1v) is 8.17. The standard InChI is InChI=1S/C14H30ClNO6/c15-1-3-17-5-7-19-9-11-21-13-14-22-12-10-20-8-6-18-4-2-16/h1-14,16H2. The summed E-state index contributed by atoms with van der Waals surface area (Å²) in [6.45, 7) is 7.22. The van der Waals surface area contributed by atoms with E-state index in [1.165, 1.54) is 0 Å². The zero-order chi connectivity index (χ0) is 16.1. The average molecular weight is 344 g/mol. The van der Waals surface area contributed by atoms with Crippen molar-refractivity contribution < 1.29 is 28.4 Å². The fraction of sp³-hybridized carbons (Fsp3) is 1.00. The van der Waals surface area contributed by atoms with Crippen LogP contribution in [0.5, 0.6) is 0 Å². The molecular weight excluding hydrogens is 314 g/mol. The lowest BCUT2D eigenvalue weighted by Crippen LogP contribution is -2.15. The Balaban J connectivity index is 2.91. The van der Waals surface area contributed by atoms with Crippen LogP contribution < -0.4 is 5.73 Å². The molecule has 22 heavy (non-hydrogen) atoms. The van der Waals surface area contributed by atoms with Crippen LogP contribution in [0.15, 0.2) is 0 Å². The van der Waals surface area contributed by atoms with Gasteiger partial charge in [0.15, 0.2) is 0 Å². The SMILES string of the molecule is NCCOCCOCCOCCOCCOCCOCCCl. The Labute approximate surface area is 138 Å². The maximum absolute atomic E-state index is 5.46. The normalized spacial score (nSPS) is 11.2. The first kappa shape index (κ1) is 22.0. The van der Waals surface area contributed by atoms with E-state index in [1.54, 1.807) is 0 Å². The number of rotatable bonds is 19. The summed E-state index contributed by atoms with van der Waals surface area (Å²) in [5.74, 6) is 0.510. The molecule has 0 aromatic heterocycles. The summed E-state index contributed by atoms with van der Waals surface area (Å²) in [5.41, 5.74) is 5.28. The molecule has 0 amide bonds. The lowest BCUT2D eigenvalue weighted by molar-refractivity contribution is -0.0157. The summed E-state index contributed by atoms with van der Waals surface area (Å²) < 4.78 is 31.6. The largest absolute Gasteiger partial charge is 0.378 e. The topological polar surface area (TPSA) is 81.4 Å². The molecule has 0 aliphatic carbocycles. The molecule has 0 heterocycles. The predicted octanol–water partition coefficient (Wildman–Crippen LogP) is 0.284. The van der Waals surface area contributed by atoms with Crippen molar-refractivity contribution in [2.24, 2.45) is 5.73 Å². The second-order valence-electron chi connectivity index (χ2n) is 4.15. The van der Waals surface area contributed by atoms with E-state index >= 15 is 0 Å². The Morgan fingerprint density at radius 3 is 1.00 bits per heavy atom. The number of ether oxygens (including phenoxy) is 6. The summed E-state index contributed by atoms with van der Waals surface area (Å²) >= 11 is 5.46. The lowest BCUT2D eigenvalue weighted by Gasteiger charge is -2.08. The van der Waals surface area contributed by atoms with Gasteiger partial charge in [0, 0.05) is 12.4 Å². The Morgan fingerprint density at radius 2 is 0.727 bits per heavy atom. The highest BCUT2D eigenvalue weighted by molar-refractivity contribution is 6.17. The van der Waals surface area contributed by atoms with Gasteiger partial charge in [0.1, 0.15) is 0 Å². The lowest BCUT2D eigenvalue weighted by atomic mass is 10.6. The van der Waals surface area contributed by atoms with Gasteiger partial charge >= 0.3 is 0 Å². The summed E-state index contributed by atoms with van der Waals surface area (Å²) in [5, 5.41) is 0. The molecule has 134 valence electrons. The second-order valence-corrected chi connectivity index (χ2v) is 4.53. The summed E-state index contributed by atoms with van der Waals surface area (Å²) in [7, 11) is 0. The quantitative estimate of drug-likeness (QED) is 0.266. The fourth-order valence-electron chi connectivity index (χ4n) is 1.34. The summed E-state index contributed by atoms with van der Waals surface area (Å²) in [6.07, 6.45) is 0. The molecule has 2 N–H and O–H groups in total. The van der Waals surface area contributed by atoms with Gasteiger partial charge in [-0.2, -0.15) is 0 Å². The van der Waals surface area contributed by atoms with Crippen molar-refractivity contribution in [1.82, 2.24) is 0 Å². The maximum Gasteiger partial charge on any atom is 0.0701 e. The van der Waals surface area contributed by atoms with Crippen LogP contribution in [-0.2, 0) is 28.4 Å². The van der Waals surface area contributed by atoms with E-state index in [4.69, 9.17) is 45.8 Å². The molecule has 0 aliphatic rings. The monoisotopic (exact) mass is 343 g/mol. The van der Waals surface area contributed by atoms with Crippen LogP contribution in [0, 0.1) is 0 Å². The molecule has 0 aromatic rings. The third-order valence-corrected chi connectivity index (χ3v) is 2.50. The molecule has 0 aromatic carbocycles. The molecule has 0 rings (SSSR count). The van der Waals surface area contributed by atoms with Crippen molar-refractivity contribution in [1.29, 1.82) is 0 Å². The van der Waals surface area contributed by atoms with E-state index in [1.807, 2.05) is 0 Å². The molecule has 0 aliphatic heterocycles. The Bertz CT molecular complexity index is 182. The molecule has 0 saturated carbocycles. The smallest absolute Gasteiger partial charge is 0.0701 e. The minimum absolute atomic E-state index is 0.510. The molecule has 0 atom stereocenters. The molecule has 0 unspecified atom stereocenters. The van der Waals surface area contributed by atoms with Gasteiger partial charge in [-0.25, -0.2) is 0 Å². The Morgan fingerprint density at radius 1 is 0.455 bits per heavy atom. The molecule has 8 heteroatoms. The average Bonchev–Trinajstić information content (AvgIpc) is 2.54. The summed E-state index contributed by atoms with van der Waals surface area (Å²) in [6, 6.07) is 0. The van der Waals surface area contributed by atoms with Crippen LogP contribution in [-0.4, -0.2) is 91.7 Å². The molecule has 0 radical (unpaired) electrons. The van der Waals surface area contributed by atoms with Crippen molar-refractivity contribution in [3.8, 4) is 0 Å². The van der Waals surface area contributed by atoms with Gasteiger partial charge < -0.3 is 34.2 Å². The number of hydrogen-bond acceptors (Lipinski definition) is 7. The van der Waals surface area contributed by atoms with Crippen molar-refractivity contribution in [2.45, 2.75) is 0 Å². The van der Waals surface area contributed by atoms with E-state index in [0.29, 0.717) is 91.7 Å². The molecule has 7 nitrogen and oxygen atoms in total. The van der Waals surface area contributed by atoms with Crippen molar-refractivity contribution in [3.63, 3.8) is 0 Å². The first-order valence-electron chi connectivity index (χ1n) is 7.64. The number of alkyl halides is 1. The third kappa shape index (κ3) is 20.0. The van der Waals surface area contributed by atoms with Gasteiger partial charge in [-0.05, 0) is 0 Å². The number of nitrogens with two attached hydrogens (primary N) is 1. The molecule has 0 fully saturated rings. The van der Waals surface area contributed by atoms with E-state index < -0.39 is 0 Å². The van der Waals surface area contributed by atoms with E-state index in [9.17, 15) is 0 Å². The van der Waals surface area contributed by atoms with Gasteiger partial charge in [0.25, 0.3) is 0 Å². The highest BCUT2D eigenvalue weighted by Crippen LogP contribution is 1.84. The van der Waals surface area contributed by atoms with Crippen LogP contribution in [0.2, 0.25) is 0 Å². The van der Waals surface area contributed by atoms with Gasteiger partial charge in [0.2, 0.25) is 0 Å². The van der Waals surface area contributed by atoms with Crippen LogP contribution in [0.4, 0.5) is 0 Å². The van der Waals surface area contributed by atoms with E-state index in [0.717, 1.165) is 0 Å². The van der Waals surface area contributed by atoms with Crippen molar-refractivity contribution in [3.05, 3.63) is 0 Å². The zero-order valence-corrected chi connectivity index (χ0v) is 14.1. The van der Waals surface area contributed by atoms with Gasteiger partial charge in [0.05, 0.1) is 79.3 Å². The minimum Gasteiger partial charge on any atom is -0.378 e. The predicted molar refractivity (Wildman–Crippen MR) is 84.7 cm³/mol. The van der Waals surface area contributed by atoms with Crippen LogP contribution in [0.25, 0.3) is 0 Å². The molecular formula is C14H30ClNO6. The van der Waals surface area contributed by atoms with Crippen molar-refractivity contribution in [2.75, 3.05) is 91.7 Å². The van der Waals surface area contributed by atoms with Gasteiger partial charge in [-0.15, -0.1) is 11.6 Å². The van der Waals surface area contributed by atoms with Crippen LogP contribution >= 0.6 is 11.6 Å². The Kier molecular flexibility index (Phi) is 21.0. The first-order chi connectivity index (χ1) is 10.9. The highest BCUT2D eigenvalue weighted by Gasteiger charge is 1.93. The van der Waals surface area contributed by atoms with Crippen LogP contribution in [0.3, 0.4) is 0 Å². The fourth-order valence-corrected chi connectivity index (χ4v) is 1.45. The highest BCUT2D eigenvalue weighted by atomic mass is 35.5. The second kappa shape index (κ2) is 21.0. The minimum atomic E-state index is 0.510. The Hall–Kier alpha value is 0.01000. The number of hydrogen-bond donors (Lipinski definition) is 1. The van der Waals surface area contributed by atoms with E-state index in [-0.39, 0.29) is 0 Å². The molecule has 0 bridgehead atoms. The third-order valence-electron chi connectivity index (χ3n) is 2.34. The molecule has 0 saturated heterocycles. The van der Waals surface area contributed by atoms with E-state index in [2.05, 4.69) is 0 Å². The number of halogens is 1. The molecule has 0 spiro atoms. The summed E-state index contributed by atoms with van der Waals surface area (Å²) in [4.78, 5) is 0.